The van der Waals surface area contributed by atoms with E-state index in [1.807, 2.05) is 6.07 Å². The van der Waals surface area contributed by atoms with Gasteiger partial charge in [0, 0.05) is 25.2 Å². The SMILES string of the molecule is Cc1c(NS(=O)(=O)c2cc(C(=O)N3CCCCC3Cc3ccc(F)cc3)cc(Cl)c2Cl)c(=O)n(-c2ccccc2)n1C. The number of hydrogen-bond acceptors (Lipinski definition) is 4. The van der Waals surface area contributed by atoms with Crippen molar-refractivity contribution in [3.05, 3.63) is 110 Å². The van der Waals surface area contributed by atoms with Crippen LogP contribution in [0.2, 0.25) is 10.0 Å². The van der Waals surface area contributed by atoms with Gasteiger partial charge in [-0.15, -0.1) is 0 Å². The third-order valence-corrected chi connectivity index (χ3v) is 9.88. The van der Waals surface area contributed by atoms with Crippen LogP contribution in [0.5, 0.6) is 0 Å². The summed E-state index contributed by atoms with van der Waals surface area (Å²) in [4.78, 5) is 28.4. The second-order valence-electron chi connectivity index (χ2n) is 10.3. The second-order valence-corrected chi connectivity index (χ2v) is 12.7. The fourth-order valence-electron chi connectivity index (χ4n) is 5.30. The number of carbonyl (C=O) groups is 1. The Bertz CT molecular complexity index is 1810. The number of hydrogen-bond donors (Lipinski definition) is 1. The van der Waals surface area contributed by atoms with Crippen LogP contribution in [-0.2, 0) is 23.5 Å². The average molecular weight is 632 g/mol. The predicted molar refractivity (Wildman–Crippen MR) is 162 cm³/mol. The fraction of sp³-hybridized carbons (Fsp3) is 0.267. The third-order valence-electron chi connectivity index (χ3n) is 7.59. The average Bonchev–Trinajstić information content (AvgIpc) is 3.18. The zero-order chi connectivity index (χ0) is 30.2. The van der Waals surface area contributed by atoms with Gasteiger partial charge in [-0.25, -0.2) is 17.5 Å². The van der Waals surface area contributed by atoms with Crippen LogP contribution in [0.1, 0.15) is 40.9 Å². The largest absolute Gasteiger partial charge is 0.335 e. The number of carbonyl (C=O) groups excluding carboxylic acids is 1. The van der Waals surface area contributed by atoms with Crippen LogP contribution in [0.25, 0.3) is 5.69 Å². The molecule has 3 aromatic carbocycles. The number of nitrogens with one attached hydrogen (secondary N) is 1. The van der Waals surface area contributed by atoms with Crippen molar-refractivity contribution in [2.75, 3.05) is 11.3 Å². The molecule has 42 heavy (non-hydrogen) atoms. The summed E-state index contributed by atoms with van der Waals surface area (Å²) in [6, 6.07) is 17.3. The van der Waals surface area contributed by atoms with Crippen molar-refractivity contribution >= 4 is 44.8 Å². The number of halogens is 3. The highest BCUT2D eigenvalue weighted by Gasteiger charge is 2.31. The molecule has 1 aliphatic rings. The second kappa shape index (κ2) is 11.9. The molecule has 8 nitrogen and oxygen atoms in total. The van der Waals surface area contributed by atoms with E-state index in [-0.39, 0.29) is 39.1 Å². The van der Waals surface area contributed by atoms with Crippen molar-refractivity contribution in [3.8, 4) is 5.69 Å². The van der Waals surface area contributed by atoms with Gasteiger partial charge in [0.15, 0.2) is 0 Å². The molecule has 1 amide bonds. The Morgan fingerprint density at radius 1 is 1.05 bits per heavy atom. The first-order chi connectivity index (χ1) is 20.0. The maximum Gasteiger partial charge on any atom is 0.296 e. The van der Waals surface area contributed by atoms with Crippen LogP contribution in [-0.4, -0.2) is 41.2 Å². The highest BCUT2D eigenvalue weighted by molar-refractivity contribution is 7.92. The van der Waals surface area contributed by atoms with Crippen molar-refractivity contribution in [3.63, 3.8) is 0 Å². The summed E-state index contributed by atoms with van der Waals surface area (Å²) in [7, 11) is -2.80. The molecule has 12 heteroatoms. The number of rotatable bonds is 7. The lowest BCUT2D eigenvalue weighted by Crippen LogP contribution is -2.45. The number of anilines is 1. The summed E-state index contributed by atoms with van der Waals surface area (Å²) in [5, 5.41) is -0.374. The van der Waals surface area contributed by atoms with Gasteiger partial charge in [0.1, 0.15) is 16.4 Å². The number of para-hydroxylation sites is 1. The molecule has 1 fully saturated rings. The molecule has 4 aromatic rings. The van der Waals surface area contributed by atoms with Gasteiger partial charge in [-0.2, -0.15) is 0 Å². The minimum absolute atomic E-state index is 0.0576. The zero-order valence-corrected chi connectivity index (χ0v) is 25.3. The van der Waals surface area contributed by atoms with Crippen LogP contribution in [0.3, 0.4) is 0 Å². The lowest BCUT2D eigenvalue weighted by molar-refractivity contribution is 0.0613. The fourth-order valence-corrected chi connectivity index (χ4v) is 7.23. The van der Waals surface area contributed by atoms with E-state index < -0.39 is 20.5 Å². The van der Waals surface area contributed by atoms with Crippen molar-refractivity contribution in [2.24, 2.45) is 7.05 Å². The van der Waals surface area contributed by atoms with Crippen LogP contribution < -0.4 is 10.3 Å². The summed E-state index contributed by atoms with van der Waals surface area (Å²) in [6.07, 6.45) is 3.00. The van der Waals surface area contributed by atoms with Crippen LogP contribution in [0.4, 0.5) is 10.1 Å². The molecule has 1 aromatic heterocycles. The number of sulfonamides is 1. The quantitative estimate of drug-likeness (QED) is 0.272. The van der Waals surface area contributed by atoms with Gasteiger partial charge >= 0.3 is 0 Å². The first-order valence-electron chi connectivity index (χ1n) is 13.4. The van der Waals surface area contributed by atoms with E-state index in [9.17, 15) is 22.4 Å². The molecule has 220 valence electrons. The lowest BCUT2D eigenvalue weighted by atomic mass is 9.95. The van der Waals surface area contributed by atoms with E-state index in [1.54, 1.807) is 60.0 Å². The molecule has 1 N–H and O–H groups in total. The maximum absolute atomic E-state index is 13.8. The molecular weight excluding hydrogens is 602 g/mol. The zero-order valence-electron chi connectivity index (χ0n) is 23.0. The van der Waals surface area contributed by atoms with Gasteiger partial charge in [-0.3, -0.25) is 19.0 Å². The number of likely N-dealkylation sites (tertiary alicyclic amines) is 1. The van der Waals surface area contributed by atoms with Crippen molar-refractivity contribution in [1.29, 1.82) is 0 Å². The summed E-state index contributed by atoms with van der Waals surface area (Å²) in [6.45, 7) is 2.10. The summed E-state index contributed by atoms with van der Waals surface area (Å²) >= 11 is 12.7. The Morgan fingerprint density at radius 3 is 2.43 bits per heavy atom. The van der Waals surface area contributed by atoms with E-state index >= 15 is 0 Å². The minimum Gasteiger partial charge on any atom is -0.335 e. The van der Waals surface area contributed by atoms with Gasteiger partial charge in [-0.05, 0) is 74.6 Å². The number of aromatic nitrogens is 2. The van der Waals surface area contributed by atoms with Gasteiger partial charge in [0.2, 0.25) is 0 Å². The molecule has 5 rings (SSSR count). The van der Waals surface area contributed by atoms with Crippen LogP contribution in [0.15, 0.2) is 76.4 Å². The number of nitrogens with zero attached hydrogens (tertiary/aromatic N) is 3. The first kappa shape index (κ1) is 29.9. The van der Waals surface area contributed by atoms with Crippen LogP contribution >= 0.6 is 23.2 Å². The van der Waals surface area contributed by atoms with Gasteiger partial charge in [0.25, 0.3) is 21.5 Å². The molecule has 0 saturated carbocycles. The normalized spacial score (nSPS) is 15.5. The monoisotopic (exact) mass is 630 g/mol. The number of benzene rings is 3. The van der Waals surface area contributed by atoms with E-state index in [0.717, 1.165) is 24.8 Å². The van der Waals surface area contributed by atoms with Crippen molar-refractivity contribution < 1.29 is 17.6 Å². The molecule has 0 aliphatic carbocycles. The topological polar surface area (TPSA) is 93.4 Å². The van der Waals surface area contributed by atoms with E-state index in [0.29, 0.717) is 24.3 Å². The Morgan fingerprint density at radius 2 is 1.74 bits per heavy atom. The van der Waals surface area contributed by atoms with Gasteiger partial charge in [0.05, 0.1) is 21.4 Å². The number of amides is 1. The minimum atomic E-state index is -4.45. The van der Waals surface area contributed by atoms with Crippen LogP contribution in [0, 0.1) is 12.7 Å². The molecule has 0 spiro atoms. The Balaban J connectivity index is 1.47. The highest BCUT2D eigenvalue weighted by Crippen LogP contribution is 2.34. The Hall–Kier alpha value is -3.60. The lowest BCUT2D eigenvalue weighted by Gasteiger charge is -2.36. The highest BCUT2D eigenvalue weighted by atomic mass is 35.5. The Kier molecular flexibility index (Phi) is 8.50. The standard InChI is InChI=1S/C30H29Cl2FN4O4S/c1-19-28(30(39)37(35(19)2)23-8-4-3-5-9-23)34-42(40,41)26-18-21(17-25(31)27(26)32)29(38)36-15-7-6-10-24(36)16-20-11-13-22(33)14-12-20/h3-5,8-9,11-14,17-18,24,34H,6-7,10,15-16H2,1-2H3. The molecule has 0 bridgehead atoms. The molecule has 1 unspecified atom stereocenters. The Labute approximate surface area is 253 Å². The van der Waals surface area contributed by atoms with E-state index in [4.69, 9.17) is 23.2 Å². The third kappa shape index (κ3) is 5.84. The summed E-state index contributed by atoms with van der Waals surface area (Å²) in [5.41, 5.74) is 1.16. The molecule has 2 heterocycles. The molecule has 1 atom stereocenters. The summed E-state index contributed by atoms with van der Waals surface area (Å²) < 4.78 is 46.0. The molecule has 0 radical (unpaired) electrons. The number of piperidine rings is 1. The molecule has 1 aliphatic heterocycles. The van der Waals surface area contributed by atoms with E-state index in [2.05, 4.69) is 4.72 Å². The smallest absolute Gasteiger partial charge is 0.296 e. The maximum atomic E-state index is 13.8. The molecule has 1 saturated heterocycles. The van der Waals surface area contributed by atoms with Gasteiger partial charge < -0.3 is 4.90 Å². The predicted octanol–water partition coefficient (Wildman–Crippen LogP) is 5.97. The molecular formula is C30H29Cl2FN4O4S. The van der Waals surface area contributed by atoms with Gasteiger partial charge in [-0.1, -0.05) is 53.5 Å². The summed E-state index contributed by atoms with van der Waals surface area (Å²) in [5.74, 6) is -0.725. The van der Waals surface area contributed by atoms with E-state index in [1.165, 1.54) is 28.9 Å². The van der Waals surface area contributed by atoms with Crippen molar-refractivity contribution in [1.82, 2.24) is 14.3 Å². The van der Waals surface area contributed by atoms with Crippen molar-refractivity contribution in [2.45, 2.75) is 43.5 Å². The first-order valence-corrected chi connectivity index (χ1v) is 15.6.